The van der Waals surface area contributed by atoms with E-state index in [9.17, 15) is 13.2 Å². The molecule has 20 heavy (non-hydrogen) atoms. The number of rotatable bonds is 9. The minimum Gasteiger partial charge on any atom is -0.481 e. The summed E-state index contributed by atoms with van der Waals surface area (Å²) in [6.07, 6.45) is 3.15. The highest BCUT2D eigenvalue weighted by atomic mass is 127. The molecule has 0 saturated carbocycles. The first-order valence-electron chi connectivity index (χ1n) is 6.39. The van der Waals surface area contributed by atoms with Crippen LogP contribution in [0.3, 0.4) is 0 Å². The number of carbonyl (C=O) groups is 1. The van der Waals surface area contributed by atoms with E-state index < -0.39 is 16.0 Å². The lowest BCUT2D eigenvalue weighted by Crippen LogP contribution is -2.24. The minimum atomic E-state index is -3.43. The Balaban J connectivity index is 2.27. The van der Waals surface area contributed by atoms with Gasteiger partial charge in [0.2, 0.25) is 10.0 Å². The maximum absolute atomic E-state index is 11.9. The van der Waals surface area contributed by atoms with Crippen LogP contribution >= 0.6 is 22.6 Å². The summed E-state index contributed by atoms with van der Waals surface area (Å²) in [5.74, 6) is -0.788. The van der Waals surface area contributed by atoms with Gasteiger partial charge in [-0.15, -0.1) is 0 Å². The molecule has 1 rings (SSSR count). The van der Waals surface area contributed by atoms with E-state index in [4.69, 9.17) is 5.11 Å². The van der Waals surface area contributed by atoms with Gasteiger partial charge in [0.25, 0.3) is 0 Å². The molecule has 2 N–H and O–H groups in total. The summed E-state index contributed by atoms with van der Waals surface area (Å²) in [4.78, 5) is 10.6. The van der Waals surface area contributed by atoms with Crippen molar-refractivity contribution in [3.05, 3.63) is 27.8 Å². The number of hydrogen-bond donors (Lipinski definition) is 2. The van der Waals surface area contributed by atoms with Crippen LogP contribution in [0, 0.1) is 3.57 Å². The lowest BCUT2D eigenvalue weighted by atomic mass is 10.1. The van der Waals surface area contributed by atoms with Crippen LogP contribution in [0.2, 0.25) is 0 Å². The van der Waals surface area contributed by atoms with Crippen molar-refractivity contribution in [2.45, 2.75) is 37.0 Å². The maximum atomic E-state index is 11.9. The van der Waals surface area contributed by atoms with Crippen molar-refractivity contribution >= 4 is 38.6 Å². The third-order valence-electron chi connectivity index (χ3n) is 2.73. The maximum Gasteiger partial charge on any atom is 0.303 e. The van der Waals surface area contributed by atoms with Crippen LogP contribution in [0.4, 0.5) is 0 Å². The van der Waals surface area contributed by atoms with Crippen LogP contribution in [-0.2, 0) is 14.8 Å². The number of benzene rings is 1. The van der Waals surface area contributed by atoms with Gasteiger partial charge in [0.1, 0.15) is 0 Å². The van der Waals surface area contributed by atoms with E-state index in [1.807, 2.05) is 0 Å². The van der Waals surface area contributed by atoms with Crippen molar-refractivity contribution in [3.8, 4) is 0 Å². The van der Waals surface area contributed by atoms with Gasteiger partial charge in [-0.05, 0) is 59.7 Å². The Morgan fingerprint density at radius 3 is 2.30 bits per heavy atom. The highest BCUT2D eigenvalue weighted by Gasteiger charge is 2.12. The zero-order valence-electron chi connectivity index (χ0n) is 11.0. The summed E-state index contributed by atoms with van der Waals surface area (Å²) in [7, 11) is -3.43. The van der Waals surface area contributed by atoms with Gasteiger partial charge in [-0.25, -0.2) is 13.1 Å². The Bertz CT molecular complexity index is 528. The molecule has 0 aliphatic carbocycles. The van der Waals surface area contributed by atoms with Gasteiger partial charge in [0.05, 0.1) is 4.90 Å². The average Bonchev–Trinajstić information content (AvgIpc) is 2.37. The van der Waals surface area contributed by atoms with E-state index in [2.05, 4.69) is 27.3 Å². The molecule has 1 aromatic carbocycles. The molecule has 0 fully saturated rings. The fraction of sp³-hybridized carbons (Fsp3) is 0.462. The van der Waals surface area contributed by atoms with E-state index in [0.717, 1.165) is 16.4 Å². The molecule has 0 heterocycles. The topological polar surface area (TPSA) is 83.5 Å². The molecule has 0 saturated heterocycles. The Hall–Kier alpha value is -0.670. The van der Waals surface area contributed by atoms with Gasteiger partial charge < -0.3 is 5.11 Å². The number of sulfonamides is 1. The number of halogens is 1. The molecule has 0 aliphatic heterocycles. The van der Waals surface area contributed by atoms with Crippen molar-refractivity contribution in [2.75, 3.05) is 6.54 Å². The summed E-state index contributed by atoms with van der Waals surface area (Å²) >= 11 is 2.12. The molecule has 0 bridgehead atoms. The normalized spacial score (nSPS) is 11.4. The second kappa shape index (κ2) is 8.58. The molecule has 0 aliphatic rings. The number of aliphatic carboxylic acids is 1. The summed E-state index contributed by atoms with van der Waals surface area (Å²) in [5, 5.41) is 8.48. The van der Waals surface area contributed by atoms with E-state index in [0.29, 0.717) is 19.4 Å². The van der Waals surface area contributed by atoms with Crippen LogP contribution in [0.5, 0.6) is 0 Å². The predicted octanol–water partition coefficient (Wildman–Crippen LogP) is 2.60. The van der Waals surface area contributed by atoms with Crippen molar-refractivity contribution in [2.24, 2.45) is 0 Å². The standard InChI is InChI=1S/C13H18INO4S/c14-11-6-8-12(9-7-11)20(18,19)15-10-4-2-1-3-5-13(16)17/h6-9,15H,1-5,10H2,(H,16,17). The first kappa shape index (κ1) is 17.4. The van der Waals surface area contributed by atoms with Crippen molar-refractivity contribution in [3.63, 3.8) is 0 Å². The van der Waals surface area contributed by atoms with E-state index in [1.165, 1.54) is 0 Å². The number of nitrogens with one attached hydrogen (secondary N) is 1. The second-order valence-corrected chi connectivity index (χ2v) is 7.42. The van der Waals surface area contributed by atoms with Crippen LogP contribution in [0.15, 0.2) is 29.2 Å². The second-order valence-electron chi connectivity index (χ2n) is 4.41. The lowest BCUT2D eigenvalue weighted by Gasteiger charge is -2.06. The van der Waals surface area contributed by atoms with Crippen LogP contribution in [-0.4, -0.2) is 26.0 Å². The van der Waals surface area contributed by atoms with Gasteiger partial charge in [0.15, 0.2) is 0 Å². The van der Waals surface area contributed by atoms with Crippen molar-refractivity contribution in [1.29, 1.82) is 0 Å². The zero-order chi connectivity index (χ0) is 15.0. The molecule has 112 valence electrons. The summed E-state index contributed by atoms with van der Waals surface area (Å²) in [6.45, 7) is 0.376. The SMILES string of the molecule is O=C(O)CCCCCCNS(=O)(=O)c1ccc(I)cc1. The predicted molar refractivity (Wildman–Crippen MR) is 85.1 cm³/mol. The van der Waals surface area contributed by atoms with Crippen molar-refractivity contribution < 1.29 is 18.3 Å². The fourth-order valence-electron chi connectivity index (χ4n) is 1.66. The molecule has 0 aromatic heterocycles. The molecule has 0 radical (unpaired) electrons. The smallest absolute Gasteiger partial charge is 0.303 e. The molecule has 0 atom stereocenters. The average molecular weight is 411 g/mol. The van der Waals surface area contributed by atoms with E-state index >= 15 is 0 Å². The van der Waals surface area contributed by atoms with Crippen LogP contribution in [0.25, 0.3) is 0 Å². The Labute approximate surface area is 133 Å². The van der Waals surface area contributed by atoms with E-state index in [1.54, 1.807) is 24.3 Å². The Kier molecular flexibility index (Phi) is 7.46. The quantitative estimate of drug-likeness (QED) is 0.484. The summed E-state index contributed by atoms with van der Waals surface area (Å²) < 4.78 is 27.4. The molecule has 5 nitrogen and oxygen atoms in total. The number of carboxylic acids is 1. The van der Waals surface area contributed by atoms with Gasteiger partial charge in [-0.2, -0.15) is 0 Å². The Morgan fingerprint density at radius 2 is 1.70 bits per heavy atom. The number of carboxylic acid groups (broad SMARTS) is 1. The highest BCUT2D eigenvalue weighted by molar-refractivity contribution is 14.1. The summed E-state index contributed by atoms with van der Waals surface area (Å²) in [5.41, 5.74) is 0. The van der Waals surface area contributed by atoms with Gasteiger partial charge in [-0.3, -0.25) is 4.79 Å². The van der Waals surface area contributed by atoms with E-state index in [-0.39, 0.29) is 11.3 Å². The fourth-order valence-corrected chi connectivity index (χ4v) is 3.09. The molecule has 1 aromatic rings. The first-order valence-corrected chi connectivity index (χ1v) is 8.95. The van der Waals surface area contributed by atoms with Crippen LogP contribution < -0.4 is 4.72 Å². The lowest BCUT2D eigenvalue weighted by molar-refractivity contribution is -0.137. The monoisotopic (exact) mass is 411 g/mol. The first-order chi connectivity index (χ1) is 9.42. The largest absolute Gasteiger partial charge is 0.481 e. The van der Waals surface area contributed by atoms with Gasteiger partial charge in [0, 0.05) is 16.5 Å². The molecular weight excluding hydrogens is 393 g/mol. The third kappa shape index (κ3) is 6.67. The Morgan fingerprint density at radius 1 is 1.10 bits per heavy atom. The number of hydrogen-bond acceptors (Lipinski definition) is 3. The minimum absolute atomic E-state index is 0.175. The molecule has 7 heteroatoms. The van der Waals surface area contributed by atoms with Crippen LogP contribution in [0.1, 0.15) is 32.1 Å². The van der Waals surface area contributed by atoms with Gasteiger partial charge in [-0.1, -0.05) is 12.8 Å². The van der Waals surface area contributed by atoms with Crippen molar-refractivity contribution in [1.82, 2.24) is 4.72 Å². The highest BCUT2D eigenvalue weighted by Crippen LogP contribution is 2.12. The molecule has 0 amide bonds. The molecular formula is C13H18INO4S. The zero-order valence-corrected chi connectivity index (χ0v) is 14.0. The van der Waals surface area contributed by atoms with Gasteiger partial charge >= 0.3 is 5.97 Å². The molecule has 0 unspecified atom stereocenters. The third-order valence-corrected chi connectivity index (χ3v) is 4.93. The summed E-state index contributed by atoms with van der Waals surface area (Å²) in [6, 6.07) is 6.66. The molecule has 0 spiro atoms. The number of unbranched alkanes of at least 4 members (excludes halogenated alkanes) is 3.